The Morgan fingerprint density at radius 2 is 1.00 bits per heavy atom. The van der Waals surface area contributed by atoms with Gasteiger partial charge >= 0.3 is 65.3 Å². The Morgan fingerprint density at radius 3 is 1.12 bits per heavy atom. The molecule has 0 unspecified atom stereocenters. The minimum atomic E-state index is -5.24. The van der Waals surface area contributed by atoms with Gasteiger partial charge in [0.15, 0.2) is 0 Å². The largest absolute Gasteiger partial charge is 1.00 e. The van der Waals surface area contributed by atoms with Crippen LogP contribution in [-0.2, 0) is 27.8 Å². The van der Waals surface area contributed by atoms with Crippen molar-refractivity contribution in [3.8, 4) is 0 Å². The summed E-state index contributed by atoms with van der Waals surface area (Å²) in [7, 11) is -10.5. The van der Waals surface area contributed by atoms with E-state index < -0.39 is 27.6 Å². The number of hydrogen-bond donors (Lipinski definition) is 4. The van der Waals surface area contributed by atoms with Crippen LogP contribution in [0.25, 0.3) is 0 Å². The van der Waals surface area contributed by atoms with Crippen molar-refractivity contribution in [2.24, 2.45) is 0 Å². The van der Waals surface area contributed by atoms with Gasteiger partial charge in [0.2, 0.25) is 0 Å². The summed E-state index contributed by atoms with van der Waals surface area (Å²) >= 11 is 0. The van der Waals surface area contributed by atoms with Crippen LogP contribution in [0.4, 0.5) is 0 Å². The fourth-order valence-corrected chi connectivity index (χ4v) is 0.872. The molecule has 0 aliphatic carbocycles. The predicted octanol–water partition coefficient (Wildman–Crippen LogP) is -7.51. The average molecular weight is 266 g/mol. The van der Waals surface area contributed by atoms with Gasteiger partial charge in [0.25, 0.3) is 0 Å². The van der Waals surface area contributed by atoms with Gasteiger partial charge in [0.05, 0.1) is 0 Å². The average Bonchev–Trinajstić information content (AvgIpc) is 1.78. The van der Waals surface area contributed by atoms with Gasteiger partial charge in [0, 0.05) is 0 Å². The summed E-state index contributed by atoms with van der Waals surface area (Å²) in [5.74, 6) is -4.41. The molecule has 0 aromatic carbocycles. The van der Waals surface area contributed by atoms with Gasteiger partial charge in [-0.1, -0.05) is 0 Å². The molecule has 0 aromatic rings. The second kappa shape index (κ2) is 7.70. The van der Waals surface area contributed by atoms with E-state index in [1.165, 1.54) is 0 Å². The molecule has 10 nitrogen and oxygen atoms in total. The van der Waals surface area contributed by atoms with Crippen molar-refractivity contribution < 1.29 is 87.9 Å². The van der Waals surface area contributed by atoms with Crippen LogP contribution in [-0.4, -0.2) is 31.5 Å². The van der Waals surface area contributed by atoms with Crippen LogP contribution in [0.5, 0.6) is 0 Å². The van der Waals surface area contributed by atoms with E-state index in [2.05, 4.69) is 9.05 Å². The maximum Gasteiger partial charge on any atom is 1.00 e. The van der Waals surface area contributed by atoms with E-state index in [1.54, 1.807) is 0 Å². The quantitative estimate of drug-likeness (QED) is 0.214. The van der Waals surface area contributed by atoms with Crippen LogP contribution in [0.3, 0.4) is 0 Å². The molecule has 16 heavy (non-hydrogen) atoms. The van der Waals surface area contributed by atoms with Crippen LogP contribution in [0.15, 0.2) is 0 Å². The van der Waals surface area contributed by atoms with Gasteiger partial charge in [-0.05, 0) is 0 Å². The number of carbonyl (C=O) groups is 2. The van der Waals surface area contributed by atoms with Crippen LogP contribution in [0.1, 0.15) is 2.85 Å². The molecule has 0 aliphatic rings. The number of phosphoric acid groups is 2. The van der Waals surface area contributed by atoms with E-state index in [-0.39, 0.29) is 40.6 Å². The minimum Gasteiger partial charge on any atom is -1.00 e. The van der Waals surface area contributed by atoms with Gasteiger partial charge < -0.3 is 11.9 Å². The van der Waals surface area contributed by atoms with Crippen LogP contribution in [0, 0.1) is 0 Å². The van der Waals surface area contributed by atoms with Crippen molar-refractivity contribution in [1.29, 1.82) is 0 Å². The SMILES string of the molecule is O=C(OP(=O)(O)O)C(=O)OP(=O)(O)O.[H-].[H-].[Li+].[Li+]. The van der Waals surface area contributed by atoms with Gasteiger partial charge in [-0.25, -0.2) is 18.7 Å². The Balaban J connectivity index is -0.000000141. The van der Waals surface area contributed by atoms with E-state index in [4.69, 9.17) is 19.6 Å². The molecule has 0 spiro atoms. The molecular formula is C2H6Li2O10P2. The van der Waals surface area contributed by atoms with Crippen LogP contribution >= 0.6 is 15.6 Å². The van der Waals surface area contributed by atoms with Crippen molar-refractivity contribution in [3.63, 3.8) is 0 Å². The molecule has 0 saturated heterocycles. The summed E-state index contributed by atoms with van der Waals surface area (Å²) in [6.07, 6.45) is 0. The smallest absolute Gasteiger partial charge is 1.00 e. The first-order chi connectivity index (χ1) is 6.01. The molecule has 0 aliphatic heterocycles. The zero-order chi connectivity index (χ0) is 11.6. The summed E-state index contributed by atoms with van der Waals surface area (Å²) in [5.41, 5.74) is 0. The third-order valence-corrected chi connectivity index (χ3v) is 1.38. The molecule has 86 valence electrons. The second-order valence-electron chi connectivity index (χ2n) is 1.74. The number of hydrogen-bond acceptors (Lipinski definition) is 6. The Hall–Kier alpha value is 0.435. The Labute approximate surface area is 115 Å². The fourth-order valence-electron chi connectivity index (χ4n) is 0.291. The maximum atomic E-state index is 10.3. The molecule has 0 rings (SSSR count). The van der Waals surface area contributed by atoms with Crippen LogP contribution in [0.2, 0.25) is 0 Å². The molecule has 0 aromatic heterocycles. The molecule has 0 fully saturated rings. The topological polar surface area (TPSA) is 168 Å². The summed E-state index contributed by atoms with van der Waals surface area (Å²) in [5, 5.41) is 0. The summed E-state index contributed by atoms with van der Waals surface area (Å²) in [4.78, 5) is 52.6. The molecule has 0 bridgehead atoms. The standard InChI is InChI=1S/C2H4O10P2.2Li.2H/c3-1(11-13(5,6)7)2(4)12-14(8,9)10;;;;/h(H2,5,6,7)(H2,8,9,10);;;;/q;2*+1;2*-1. The molecule has 0 amide bonds. The van der Waals surface area contributed by atoms with Crippen LogP contribution < -0.4 is 37.7 Å². The van der Waals surface area contributed by atoms with Crippen molar-refractivity contribution in [3.05, 3.63) is 0 Å². The van der Waals surface area contributed by atoms with Crippen molar-refractivity contribution in [2.75, 3.05) is 0 Å². The predicted molar refractivity (Wildman–Crippen MR) is 38.5 cm³/mol. The number of phosphoric ester groups is 2. The molecule has 14 heteroatoms. The first kappa shape index (κ1) is 21.7. The number of rotatable bonds is 2. The summed E-state index contributed by atoms with van der Waals surface area (Å²) < 4.78 is 26.2. The van der Waals surface area contributed by atoms with E-state index in [1.807, 2.05) is 0 Å². The van der Waals surface area contributed by atoms with Gasteiger partial charge in [-0.3, -0.25) is 19.6 Å². The normalized spacial score (nSPS) is 10.5. The molecule has 4 N–H and O–H groups in total. The van der Waals surface area contributed by atoms with Gasteiger partial charge in [-0.15, -0.1) is 0 Å². The van der Waals surface area contributed by atoms with Crippen molar-refractivity contribution in [1.82, 2.24) is 0 Å². The minimum absolute atomic E-state index is 0. The second-order valence-corrected chi connectivity index (χ2v) is 4.07. The maximum absolute atomic E-state index is 10.3. The Kier molecular flexibility index (Phi) is 10.4. The molecule has 0 atom stereocenters. The third kappa shape index (κ3) is 12.5. The van der Waals surface area contributed by atoms with Crippen molar-refractivity contribution >= 4 is 27.6 Å². The van der Waals surface area contributed by atoms with E-state index in [9.17, 15) is 18.7 Å². The molecule has 0 saturated carbocycles. The first-order valence-electron chi connectivity index (χ1n) is 2.60. The fraction of sp³-hybridized carbons (Fsp3) is 0. The zero-order valence-electron chi connectivity index (χ0n) is 10.1. The molecule has 0 radical (unpaired) electrons. The van der Waals surface area contributed by atoms with Crippen molar-refractivity contribution in [2.45, 2.75) is 0 Å². The molecular weight excluding hydrogens is 260 g/mol. The monoisotopic (exact) mass is 266 g/mol. The first-order valence-corrected chi connectivity index (χ1v) is 5.66. The Bertz CT molecular complexity index is 314. The molecule has 0 heterocycles. The Morgan fingerprint density at radius 1 is 0.812 bits per heavy atom. The third-order valence-electron chi connectivity index (χ3n) is 0.570. The van der Waals surface area contributed by atoms with E-state index in [0.717, 1.165) is 0 Å². The van der Waals surface area contributed by atoms with Gasteiger partial charge in [0.1, 0.15) is 0 Å². The summed E-state index contributed by atoms with van der Waals surface area (Å²) in [6, 6.07) is 0. The number of carbonyl (C=O) groups excluding carboxylic acids is 2. The summed E-state index contributed by atoms with van der Waals surface area (Å²) in [6.45, 7) is 0. The van der Waals surface area contributed by atoms with E-state index >= 15 is 0 Å². The van der Waals surface area contributed by atoms with Gasteiger partial charge in [-0.2, -0.15) is 0 Å². The van der Waals surface area contributed by atoms with E-state index in [0.29, 0.717) is 0 Å². The zero-order valence-corrected chi connectivity index (χ0v) is 9.92.